The van der Waals surface area contributed by atoms with Crippen molar-refractivity contribution in [1.82, 2.24) is 29.7 Å². The minimum Gasteiger partial charge on any atom is -0.351 e. The van der Waals surface area contributed by atoms with Crippen LogP contribution in [-0.4, -0.2) is 56.5 Å². The second kappa shape index (κ2) is 9.58. The van der Waals surface area contributed by atoms with Crippen molar-refractivity contribution in [3.63, 3.8) is 0 Å². The Kier molecular flexibility index (Phi) is 6.37. The highest BCUT2D eigenvalue weighted by Gasteiger charge is 2.15. The molecule has 1 amide bonds. The predicted octanol–water partition coefficient (Wildman–Crippen LogP) is 4.36. The highest BCUT2D eigenvalue weighted by molar-refractivity contribution is 5.98. The van der Waals surface area contributed by atoms with Gasteiger partial charge in [-0.3, -0.25) is 4.79 Å². The molecule has 5 rings (SSSR count). The molecule has 1 aliphatic rings. The van der Waals surface area contributed by atoms with Gasteiger partial charge >= 0.3 is 0 Å². The van der Waals surface area contributed by atoms with Crippen LogP contribution < -0.4 is 5.32 Å². The summed E-state index contributed by atoms with van der Waals surface area (Å²) in [6, 6.07) is 10.4. The largest absolute Gasteiger partial charge is 0.351 e. The summed E-state index contributed by atoms with van der Waals surface area (Å²) in [6.07, 6.45) is 4.44. The lowest BCUT2D eigenvalue weighted by molar-refractivity contribution is 0.0948. The van der Waals surface area contributed by atoms with Crippen LogP contribution in [0.5, 0.6) is 0 Å². The normalized spacial score (nSPS) is 14.4. The number of benzene rings is 1. The molecule has 0 saturated carbocycles. The summed E-state index contributed by atoms with van der Waals surface area (Å²) in [5, 5.41) is 4.11. The Balaban J connectivity index is 1.31. The van der Waals surface area contributed by atoms with Crippen molar-refractivity contribution in [3.8, 4) is 0 Å². The number of aryl methyl sites for hydroxylation is 3. The van der Waals surface area contributed by atoms with Crippen LogP contribution in [0, 0.1) is 13.8 Å². The molecule has 0 spiro atoms. The number of hydrogen-bond acceptors (Lipinski definition) is 4. The van der Waals surface area contributed by atoms with E-state index in [0.717, 1.165) is 58.5 Å². The molecule has 0 aliphatic carbocycles. The maximum absolute atomic E-state index is 12.7. The van der Waals surface area contributed by atoms with Crippen molar-refractivity contribution >= 4 is 28.0 Å². The molecule has 0 radical (unpaired) electrons. The van der Waals surface area contributed by atoms with Gasteiger partial charge < -0.3 is 19.8 Å². The lowest BCUT2D eigenvalue weighted by Crippen LogP contribution is -2.28. The molecule has 2 N–H and O–H groups in total. The number of carbonyl (C=O) groups is 1. The number of amides is 1. The summed E-state index contributed by atoms with van der Waals surface area (Å²) >= 11 is 0. The first-order valence-electron chi connectivity index (χ1n) is 12.5. The predicted molar refractivity (Wildman–Crippen MR) is 136 cm³/mol. The minimum atomic E-state index is -0.0387. The van der Waals surface area contributed by atoms with Crippen molar-refractivity contribution in [1.29, 1.82) is 0 Å². The highest BCUT2D eigenvalue weighted by Crippen LogP contribution is 2.23. The van der Waals surface area contributed by atoms with Gasteiger partial charge in [-0.15, -0.1) is 0 Å². The second-order valence-corrected chi connectivity index (χ2v) is 9.48. The third-order valence-electron chi connectivity index (χ3n) is 6.82. The van der Waals surface area contributed by atoms with Crippen molar-refractivity contribution in [2.75, 3.05) is 26.2 Å². The van der Waals surface area contributed by atoms with E-state index in [1.54, 1.807) is 0 Å². The van der Waals surface area contributed by atoms with Gasteiger partial charge in [0.15, 0.2) is 5.65 Å². The molecule has 0 unspecified atom stereocenters. The van der Waals surface area contributed by atoms with E-state index in [1.165, 1.54) is 31.5 Å². The van der Waals surface area contributed by atoms with Crippen LogP contribution in [0.25, 0.3) is 22.1 Å². The topological polar surface area (TPSA) is 78.8 Å². The number of aromatic amines is 1. The lowest BCUT2D eigenvalue weighted by Gasteiger charge is -2.14. The van der Waals surface area contributed by atoms with Crippen LogP contribution in [-0.2, 0) is 13.0 Å². The van der Waals surface area contributed by atoms with Gasteiger partial charge in [-0.25, -0.2) is 9.97 Å². The standard InChI is InChI=1S/C27H34N6O/c1-4-24-31-25-18(2)14-19(3)29-26(25)33(24)17-20-8-9-22-21(15-20)16-23(30-22)27(34)28-10-7-13-32-11-5-6-12-32/h8-9,14-16,30H,4-7,10-13,17H2,1-3H3,(H,28,34). The van der Waals surface area contributed by atoms with E-state index in [1.807, 2.05) is 13.0 Å². The van der Waals surface area contributed by atoms with Gasteiger partial charge in [0, 0.05) is 29.6 Å². The molecule has 7 nitrogen and oxygen atoms in total. The molecular weight excluding hydrogens is 424 g/mol. The molecule has 178 valence electrons. The Labute approximate surface area is 200 Å². The fourth-order valence-corrected chi connectivity index (χ4v) is 5.08. The third-order valence-corrected chi connectivity index (χ3v) is 6.82. The Morgan fingerprint density at radius 3 is 2.74 bits per heavy atom. The molecule has 4 aromatic rings. The van der Waals surface area contributed by atoms with Crippen LogP contribution in [0.15, 0.2) is 30.3 Å². The van der Waals surface area contributed by atoms with Crippen molar-refractivity contribution in [3.05, 3.63) is 58.7 Å². The average molecular weight is 459 g/mol. The fourth-order valence-electron chi connectivity index (χ4n) is 5.08. The van der Waals surface area contributed by atoms with E-state index >= 15 is 0 Å². The first-order valence-corrected chi connectivity index (χ1v) is 12.5. The molecule has 3 aromatic heterocycles. The zero-order valence-corrected chi connectivity index (χ0v) is 20.4. The van der Waals surface area contributed by atoms with Crippen LogP contribution >= 0.6 is 0 Å². The van der Waals surface area contributed by atoms with Gasteiger partial charge in [0.25, 0.3) is 5.91 Å². The Morgan fingerprint density at radius 2 is 1.94 bits per heavy atom. The van der Waals surface area contributed by atoms with Crippen molar-refractivity contribution < 1.29 is 4.79 Å². The van der Waals surface area contributed by atoms with E-state index in [-0.39, 0.29) is 5.91 Å². The first kappa shape index (κ1) is 22.6. The summed E-state index contributed by atoms with van der Waals surface area (Å²) in [6.45, 7) is 11.1. The molecule has 1 saturated heterocycles. The number of pyridine rings is 1. The summed E-state index contributed by atoms with van der Waals surface area (Å²) in [4.78, 5) is 28.1. The zero-order chi connectivity index (χ0) is 23.7. The van der Waals surface area contributed by atoms with Gasteiger partial charge in [-0.05, 0) is 88.1 Å². The molecule has 1 aliphatic heterocycles. The molecule has 1 fully saturated rings. The molecule has 0 bridgehead atoms. The molecule has 4 heterocycles. The number of hydrogen-bond donors (Lipinski definition) is 2. The van der Waals surface area contributed by atoms with Crippen LogP contribution in [0.2, 0.25) is 0 Å². The fraction of sp³-hybridized carbons (Fsp3) is 0.444. The first-order chi connectivity index (χ1) is 16.5. The zero-order valence-electron chi connectivity index (χ0n) is 20.4. The monoisotopic (exact) mass is 458 g/mol. The van der Waals surface area contributed by atoms with E-state index < -0.39 is 0 Å². The summed E-state index contributed by atoms with van der Waals surface area (Å²) in [5.74, 6) is 1.00. The molecule has 0 atom stereocenters. The van der Waals surface area contributed by atoms with Crippen LogP contribution in [0.4, 0.5) is 0 Å². The third kappa shape index (κ3) is 4.57. The number of nitrogens with zero attached hydrogens (tertiary/aromatic N) is 4. The van der Waals surface area contributed by atoms with Gasteiger partial charge in [-0.2, -0.15) is 0 Å². The number of rotatable bonds is 8. The molecular formula is C27H34N6O. The number of carbonyl (C=O) groups excluding carboxylic acids is 1. The highest BCUT2D eigenvalue weighted by atomic mass is 16.1. The minimum absolute atomic E-state index is 0.0387. The number of aromatic nitrogens is 4. The lowest BCUT2D eigenvalue weighted by atomic mass is 10.1. The maximum atomic E-state index is 12.7. The van der Waals surface area contributed by atoms with Crippen molar-refractivity contribution in [2.45, 2.75) is 53.0 Å². The molecule has 34 heavy (non-hydrogen) atoms. The SMILES string of the molecule is CCc1nc2c(C)cc(C)nc2n1Cc1ccc2[nH]c(C(=O)NCCCN3CCCC3)cc2c1. The van der Waals surface area contributed by atoms with Crippen molar-refractivity contribution in [2.24, 2.45) is 0 Å². The number of imidazole rings is 1. The number of likely N-dealkylation sites (tertiary alicyclic amines) is 1. The molecule has 1 aromatic carbocycles. The van der Waals surface area contributed by atoms with E-state index in [2.05, 4.69) is 57.9 Å². The second-order valence-electron chi connectivity index (χ2n) is 9.48. The van der Waals surface area contributed by atoms with Crippen LogP contribution in [0.3, 0.4) is 0 Å². The van der Waals surface area contributed by atoms with Gasteiger partial charge in [-0.1, -0.05) is 13.0 Å². The summed E-state index contributed by atoms with van der Waals surface area (Å²) in [7, 11) is 0. The summed E-state index contributed by atoms with van der Waals surface area (Å²) in [5.41, 5.74) is 6.84. The quantitative estimate of drug-likeness (QED) is 0.385. The van der Waals surface area contributed by atoms with E-state index in [4.69, 9.17) is 9.97 Å². The molecule has 7 heteroatoms. The van der Waals surface area contributed by atoms with Crippen LogP contribution in [0.1, 0.15) is 59.3 Å². The number of fused-ring (bicyclic) bond motifs is 2. The number of H-pyrrole nitrogens is 1. The average Bonchev–Trinajstić information content (AvgIpc) is 3.55. The smallest absolute Gasteiger partial charge is 0.267 e. The van der Waals surface area contributed by atoms with Gasteiger partial charge in [0.2, 0.25) is 0 Å². The Morgan fingerprint density at radius 1 is 1.12 bits per heavy atom. The Hall–Kier alpha value is -3.19. The van der Waals surface area contributed by atoms with Gasteiger partial charge in [0.1, 0.15) is 17.0 Å². The number of nitrogens with one attached hydrogen (secondary N) is 2. The maximum Gasteiger partial charge on any atom is 0.267 e. The summed E-state index contributed by atoms with van der Waals surface area (Å²) < 4.78 is 2.22. The van der Waals surface area contributed by atoms with Gasteiger partial charge in [0.05, 0.1) is 6.54 Å². The Bertz CT molecular complexity index is 1330. The van der Waals surface area contributed by atoms with E-state index in [0.29, 0.717) is 18.8 Å². The van der Waals surface area contributed by atoms with E-state index in [9.17, 15) is 4.79 Å².